The molecule has 0 aromatic carbocycles. The average molecular weight is 597 g/mol. The second kappa shape index (κ2) is 8.90. The minimum atomic E-state index is -2.05. The Bertz CT molecular complexity index is 1520. The molecule has 1 aromatic heterocycles. The van der Waals surface area contributed by atoms with Crippen molar-refractivity contribution in [1.29, 1.82) is 0 Å². The van der Waals surface area contributed by atoms with Crippen LogP contribution in [0.5, 0.6) is 0 Å². The molecule has 2 heterocycles. The van der Waals surface area contributed by atoms with Gasteiger partial charge in [0.2, 0.25) is 5.78 Å². The number of epoxide rings is 1. The standard InChI is InChI=1S/C32H36O11/c1-8-20(35)42-26-22(41-15(2)33)24-28(3)11-9-18(34)29(4,27(38)39-7)23(28)21(36)25(37)31(24,6)32-19(43-32)13-17(30(26,32)5)16-10-12-40-14-16/h9-12,14,17,19,22,24,26,36H,8,13H2,1-7H3/t17-,19+,22+,24+,26-,28?,29-,30+,31-,32+/m0/s1. The molecule has 0 amide bonds. The fraction of sp³-hybridized carbons (Fsp3) is 0.594. The van der Waals surface area contributed by atoms with Crippen LogP contribution in [0, 0.1) is 27.6 Å². The highest BCUT2D eigenvalue weighted by Gasteiger charge is 2.92. The highest BCUT2D eigenvalue weighted by Crippen LogP contribution is 2.81. The van der Waals surface area contributed by atoms with E-state index in [1.54, 1.807) is 33.1 Å². The Morgan fingerprint density at radius 2 is 1.81 bits per heavy atom. The Morgan fingerprint density at radius 1 is 1.12 bits per heavy atom. The molecular weight excluding hydrogens is 560 g/mol. The molecule has 11 nitrogen and oxygen atoms in total. The van der Waals surface area contributed by atoms with Crippen molar-refractivity contribution < 1.29 is 52.4 Å². The zero-order chi connectivity index (χ0) is 31.5. The van der Waals surface area contributed by atoms with E-state index in [-0.39, 0.29) is 17.9 Å². The van der Waals surface area contributed by atoms with Crippen LogP contribution in [0.1, 0.15) is 65.9 Å². The number of hydrogen-bond acceptors (Lipinski definition) is 11. The molecule has 1 unspecified atom stereocenters. The molecule has 0 radical (unpaired) electrons. The van der Waals surface area contributed by atoms with Crippen LogP contribution in [-0.4, -0.2) is 65.6 Å². The molecule has 10 atom stereocenters. The van der Waals surface area contributed by atoms with Crippen LogP contribution >= 0.6 is 0 Å². The zero-order valence-corrected chi connectivity index (χ0v) is 25.2. The lowest BCUT2D eigenvalue weighted by Crippen LogP contribution is -2.76. The van der Waals surface area contributed by atoms with E-state index < -0.39 is 86.7 Å². The minimum Gasteiger partial charge on any atom is -0.504 e. The Hall–Kier alpha value is -3.73. The second-order valence-corrected chi connectivity index (χ2v) is 13.1. The number of rotatable bonds is 5. The predicted octanol–water partition coefficient (Wildman–Crippen LogP) is 3.52. The van der Waals surface area contributed by atoms with Crippen LogP contribution in [0.25, 0.3) is 0 Å². The number of hydrogen-bond donors (Lipinski definition) is 1. The molecule has 1 spiro atoms. The number of ether oxygens (including phenoxy) is 4. The number of carbonyl (C=O) groups is 5. The van der Waals surface area contributed by atoms with Gasteiger partial charge >= 0.3 is 17.9 Å². The lowest BCUT2D eigenvalue weighted by atomic mass is 9.38. The Labute approximate surface area is 248 Å². The third-order valence-corrected chi connectivity index (χ3v) is 11.4. The predicted molar refractivity (Wildman–Crippen MR) is 146 cm³/mol. The summed E-state index contributed by atoms with van der Waals surface area (Å²) >= 11 is 0. The van der Waals surface area contributed by atoms with Gasteiger partial charge in [-0.15, -0.1) is 0 Å². The smallest absolute Gasteiger partial charge is 0.323 e. The van der Waals surface area contributed by atoms with Gasteiger partial charge in [-0.3, -0.25) is 24.0 Å². The van der Waals surface area contributed by atoms with E-state index in [2.05, 4.69) is 0 Å². The monoisotopic (exact) mass is 596 g/mol. The van der Waals surface area contributed by atoms with Crippen LogP contribution in [0.4, 0.5) is 0 Å². The molecule has 5 aliphatic rings. The zero-order valence-electron chi connectivity index (χ0n) is 25.2. The van der Waals surface area contributed by atoms with Crippen LogP contribution < -0.4 is 0 Å². The van der Waals surface area contributed by atoms with Crippen molar-refractivity contribution in [3.8, 4) is 0 Å². The first-order valence-corrected chi connectivity index (χ1v) is 14.5. The Morgan fingerprint density at radius 3 is 2.40 bits per heavy atom. The lowest BCUT2D eigenvalue weighted by Gasteiger charge is -2.65. The van der Waals surface area contributed by atoms with Gasteiger partial charge in [-0.1, -0.05) is 26.8 Å². The molecule has 11 heteroatoms. The van der Waals surface area contributed by atoms with E-state index in [4.69, 9.17) is 23.4 Å². The molecule has 4 aliphatic carbocycles. The van der Waals surface area contributed by atoms with Gasteiger partial charge in [-0.25, -0.2) is 0 Å². The number of aliphatic hydroxyl groups is 1. The third kappa shape index (κ3) is 3.16. The van der Waals surface area contributed by atoms with E-state index in [9.17, 15) is 29.1 Å². The molecule has 6 rings (SSSR count). The summed E-state index contributed by atoms with van der Waals surface area (Å²) < 4.78 is 29.3. The van der Waals surface area contributed by atoms with Gasteiger partial charge in [0.25, 0.3) is 0 Å². The van der Waals surface area contributed by atoms with Crippen molar-refractivity contribution in [3.05, 3.63) is 47.6 Å². The van der Waals surface area contributed by atoms with Gasteiger partial charge in [0.05, 0.1) is 31.2 Å². The van der Waals surface area contributed by atoms with Crippen molar-refractivity contribution in [3.63, 3.8) is 0 Å². The lowest BCUT2D eigenvalue weighted by molar-refractivity contribution is -0.248. The summed E-state index contributed by atoms with van der Waals surface area (Å²) in [5.74, 6) is -5.70. The van der Waals surface area contributed by atoms with Crippen molar-refractivity contribution in [2.24, 2.45) is 27.6 Å². The quantitative estimate of drug-likeness (QED) is 0.229. The molecule has 43 heavy (non-hydrogen) atoms. The average Bonchev–Trinajstić information content (AvgIpc) is 3.32. The van der Waals surface area contributed by atoms with E-state index in [1.165, 1.54) is 32.3 Å². The molecule has 3 fully saturated rings. The number of fused-ring (bicyclic) bond motifs is 3. The first kappa shape index (κ1) is 29.3. The fourth-order valence-electron chi connectivity index (χ4n) is 9.72. The van der Waals surface area contributed by atoms with Gasteiger partial charge in [0.1, 0.15) is 17.8 Å². The summed E-state index contributed by atoms with van der Waals surface area (Å²) in [7, 11) is 1.12. The summed E-state index contributed by atoms with van der Waals surface area (Å²) in [4.78, 5) is 67.3. The molecule has 1 saturated heterocycles. The van der Waals surface area contributed by atoms with E-state index in [0.717, 1.165) is 12.7 Å². The third-order valence-electron chi connectivity index (χ3n) is 11.4. The number of aliphatic hydroxyl groups excluding tert-OH is 1. The first-order valence-electron chi connectivity index (χ1n) is 14.5. The van der Waals surface area contributed by atoms with Crippen molar-refractivity contribution in [1.82, 2.24) is 0 Å². The summed E-state index contributed by atoms with van der Waals surface area (Å²) in [6.07, 6.45) is 3.54. The molecule has 1 N–H and O–H groups in total. The Balaban J connectivity index is 1.69. The highest BCUT2D eigenvalue weighted by molar-refractivity contribution is 6.15. The number of Topliss-reactive ketones (excluding diaryl/α,β-unsaturated/α-hetero) is 1. The van der Waals surface area contributed by atoms with Crippen molar-refractivity contribution in [2.45, 2.75) is 84.2 Å². The highest BCUT2D eigenvalue weighted by atomic mass is 16.6. The maximum Gasteiger partial charge on any atom is 0.323 e. The van der Waals surface area contributed by atoms with Crippen LogP contribution in [0.15, 0.2) is 46.5 Å². The SMILES string of the molecule is CCC(=O)O[C@H]1[C@H](OC(C)=O)[C@@H]2C3(C)C=CC(=O)[C@](C)(C(=O)OC)C3=C(O)C(=O)[C@@]2(C)[C@@]23O[C@@H]2C[C@@H](c2ccoc2)[C@]13C. The summed E-state index contributed by atoms with van der Waals surface area (Å²) in [6, 6.07) is 1.80. The van der Waals surface area contributed by atoms with E-state index in [1.807, 2.05) is 6.92 Å². The number of ketones is 2. The molecule has 230 valence electrons. The molecular formula is C32H36O11. The largest absolute Gasteiger partial charge is 0.504 e. The topological polar surface area (TPSA) is 159 Å². The van der Waals surface area contributed by atoms with Gasteiger partial charge in [0.15, 0.2) is 17.0 Å². The number of carbonyl (C=O) groups excluding carboxylic acids is 5. The van der Waals surface area contributed by atoms with Crippen molar-refractivity contribution >= 4 is 29.5 Å². The summed E-state index contributed by atoms with van der Waals surface area (Å²) in [6.45, 7) is 9.42. The molecule has 1 aromatic rings. The normalized spacial score (nSPS) is 44.1. The first-order chi connectivity index (χ1) is 20.1. The fourth-order valence-corrected chi connectivity index (χ4v) is 9.72. The van der Waals surface area contributed by atoms with Crippen LogP contribution in [-0.2, 0) is 42.9 Å². The number of furan rings is 1. The molecule has 0 bridgehead atoms. The molecule has 2 saturated carbocycles. The van der Waals surface area contributed by atoms with E-state index in [0.29, 0.717) is 6.42 Å². The summed E-state index contributed by atoms with van der Waals surface area (Å²) in [5, 5.41) is 11.8. The van der Waals surface area contributed by atoms with E-state index >= 15 is 0 Å². The van der Waals surface area contributed by atoms with Gasteiger partial charge in [-0.2, -0.15) is 0 Å². The number of methoxy groups -OCH3 is 1. The minimum absolute atomic E-state index is 0.0337. The number of allylic oxidation sites excluding steroid dienone is 3. The van der Waals surface area contributed by atoms with Crippen LogP contribution in [0.2, 0.25) is 0 Å². The summed E-state index contributed by atoms with van der Waals surface area (Å²) in [5.41, 5.74) is -6.81. The van der Waals surface area contributed by atoms with Gasteiger partial charge in [-0.05, 0) is 38.0 Å². The van der Waals surface area contributed by atoms with Gasteiger partial charge in [0, 0.05) is 41.6 Å². The van der Waals surface area contributed by atoms with Gasteiger partial charge < -0.3 is 28.5 Å². The number of esters is 3. The molecule has 1 aliphatic heterocycles. The maximum absolute atomic E-state index is 14.8. The maximum atomic E-state index is 14.8. The van der Waals surface area contributed by atoms with Crippen LogP contribution in [0.3, 0.4) is 0 Å². The second-order valence-electron chi connectivity index (χ2n) is 13.1. The Kier molecular flexibility index (Phi) is 6.08. The van der Waals surface area contributed by atoms with Crippen molar-refractivity contribution in [2.75, 3.05) is 7.11 Å².